The molecule has 0 unspecified atom stereocenters. The molecule has 25 heavy (non-hydrogen) atoms. The van der Waals surface area contributed by atoms with Gasteiger partial charge in [0.05, 0.1) is 11.5 Å². The van der Waals surface area contributed by atoms with E-state index in [-0.39, 0.29) is 5.91 Å². The Kier molecular flexibility index (Phi) is 8.76. The molecule has 2 N–H and O–H groups in total. The number of guanidine groups is 1. The third-order valence-electron chi connectivity index (χ3n) is 3.94. The summed E-state index contributed by atoms with van der Waals surface area (Å²) in [6, 6.07) is 3.72. The van der Waals surface area contributed by atoms with E-state index in [1.54, 1.807) is 0 Å². The van der Waals surface area contributed by atoms with Gasteiger partial charge in [-0.05, 0) is 43.6 Å². The van der Waals surface area contributed by atoms with Crippen molar-refractivity contribution in [1.82, 2.24) is 15.5 Å². The maximum atomic E-state index is 11.8. The quantitative estimate of drug-likeness (QED) is 0.358. The SMILES string of the molecule is CCNC(=NCCCNC(=O)c1cccs1)N(C)CCOCC1CC1. The summed E-state index contributed by atoms with van der Waals surface area (Å²) in [6.07, 6.45) is 3.46. The molecule has 1 fully saturated rings. The van der Waals surface area contributed by atoms with Gasteiger partial charge in [-0.2, -0.15) is 0 Å². The van der Waals surface area contributed by atoms with Crippen LogP contribution in [0.2, 0.25) is 0 Å². The Labute approximate surface area is 154 Å². The number of carbonyl (C=O) groups is 1. The fourth-order valence-electron chi connectivity index (χ4n) is 2.27. The van der Waals surface area contributed by atoms with Gasteiger partial charge in [-0.15, -0.1) is 11.3 Å². The van der Waals surface area contributed by atoms with E-state index in [1.807, 2.05) is 24.6 Å². The minimum Gasteiger partial charge on any atom is -0.379 e. The number of thiophene rings is 1. The fraction of sp³-hybridized carbons (Fsp3) is 0.667. The van der Waals surface area contributed by atoms with E-state index in [0.717, 1.165) is 49.5 Å². The van der Waals surface area contributed by atoms with Crippen LogP contribution in [0.4, 0.5) is 0 Å². The largest absolute Gasteiger partial charge is 0.379 e. The van der Waals surface area contributed by atoms with Crippen molar-refractivity contribution in [3.63, 3.8) is 0 Å². The van der Waals surface area contributed by atoms with Crippen molar-refractivity contribution in [3.8, 4) is 0 Å². The zero-order valence-corrected chi connectivity index (χ0v) is 16.1. The van der Waals surface area contributed by atoms with Crippen LogP contribution in [-0.2, 0) is 4.74 Å². The fourth-order valence-corrected chi connectivity index (χ4v) is 2.91. The molecule has 1 heterocycles. The van der Waals surface area contributed by atoms with E-state index in [9.17, 15) is 4.79 Å². The number of nitrogens with one attached hydrogen (secondary N) is 2. The molecule has 0 radical (unpaired) electrons. The number of amides is 1. The maximum Gasteiger partial charge on any atom is 0.261 e. The number of likely N-dealkylation sites (N-methyl/N-ethyl adjacent to an activating group) is 1. The summed E-state index contributed by atoms with van der Waals surface area (Å²) in [4.78, 5) is 19.3. The van der Waals surface area contributed by atoms with Crippen LogP contribution in [-0.4, -0.2) is 63.2 Å². The highest BCUT2D eigenvalue weighted by molar-refractivity contribution is 7.12. The van der Waals surface area contributed by atoms with Crippen LogP contribution in [0.3, 0.4) is 0 Å². The molecule has 1 amide bonds. The first-order chi connectivity index (χ1) is 12.2. The average Bonchev–Trinajstić information content (AvgIpc) is 3.27. The molecule has 1 saturated carbocycles. The molecule has 6 nitrogen and oxygen atoms in total. The van der Waals surface area contributed by atoms with Gasteiger partial charge in [0, 0.05) is 39.8 Å². The first kappa shape index (κ1) is 19.7. The van der Waals surface area contributed by atoms with Gasteiger partial charge in [0.15, 0.2) is 5.96 Å². The zero-order valence-electron chi connectivity index (χ0n) is 15.3. The van der Waals surface area contributed by atoms with Gasteiger partial charge in [0.1, 0.15) is 0 Å². The molecule has 0 spiro atoms. The molecule has 0 atom stereocenters. The Morgan fingerprint density at radius 3 is 2.96 bits per heavy atom. The molecular formula is C18H30N4O2S. The van der Waals surface area contributed by atoms with Crippen LogP contribution >= 0.6 is 11.3 Å². The van der Waals surface area contributed by atoms with Crippen molar-refractivity contribution >= 4 is 23.2 Å². The normalized spacial score (nSPS) is 14.4. The summed E-state index contributed by atoms with van der Waals surface area (Å²) >= 11 is 1.46. The van der Waals surface area contributed by atoms with Crippen LogP contribution in [0.5, 0.6) is 0 Å². The first-order valence-electron chi connectivity index (χ1n) is 9.09. The lowest BCUT2D eigenvalue weighted by molar-refractivity contribution is 0.0957. The summed E-state index contributed by atoms with van der Waals surface area (Å²) < 4.78 is 5.69. The van der Waals surface area contributed by atoms with Gasteiger partial charge < -0.3 is 20.3 Å². The van der Waals surface area contributed by atoms with E-state index >= 15 is 0 Å². The van der Waals surface area contributed by atoms with Crippen LogP contribution in [0.15, 0.2) is 22.5 Å². The predicted octanol–water partition coefficient (Wildman–Crippen LogP) is 2.19. The van der Waals surface area contributed by atoms with E-state index in [2.05, 4.69) is 27.4 Å². The molecule has 1 aliphatic rings. The number of aliphatic imine (C=N–C) groups is 1. The van der Waals surface area contributed by atoms with Gasteiger partial charge in [-0.25, -0.2) is 0 Å². The highest BCUT2D eigenvalue weighted by Gasteiger charge is 2.21. The van der Waals surface area contributed by atoms with Gasteiger partial charge >= 0.3 is 0 Å². The van der Waals surface area contributed by atoms with Crippen molar-refractivity contribution < 1.29 is 9.53 Å². The molecular weight excluding hydrogens is 336 g/mol. The number of hydrogen-bond acceptors (Lipinski definition) is 4. The average molecular weight is 367 g/mol. The standard InChI is InChI=1S/C18H30N4O2S/c1-3-19-18(22(2)11-12-24-14-15-7-8-15)21-10-5-9-20-17(23)16-6-4-13-25-16/h4,6,13,15H,3,5,7-12,14H2,1-2H3,(H,19,21)(H,20,23). The molecule has 1 aromatic rings. The monoisotopic (exact) mass is 366 g/mol. The molecule has 0 saturated heterocycles. The van der Waals surface area contributed by atoms with E-state index in [0.29, 0.717) is 13.1 Å². The Morgan fingerprint density at radius 2 is 2.28 bits per heavy atom. The van der Waals surface area contributed by atoms with Crippen LogP contribution < -0.4 is 10.6 Å². The minimum atomic E-state index is -0.00387. The second-order valence-electron chi connectivity index (χ2n) is 6.26. The van der Waals surface area contributed by atoms with Crippen LogP contribution in [0.1, 0.15) is 35.9 Å². The highest BCUT2D eigenvalue weighted by Crippen LogP contribution is 2.28. The van der Waals surface area contributed by atoms with Gasteiger partial charge in [-0.3, -0.25) is 9.79 Å². The molecule has 2 rings (SSSR count). The number of carbonyl (C=O) groups excluding carboxylic acids is 1. The molecule has 0 aromatic carbocycles. The first-order valence-corrected chi connectivity index (χ1v) is 9.97. The molecule has 0 bridgehead atoms. The van der Waals surface area contributed by atoms with E-state index in [4.69, 9.17) is 4.74 Å². The van der Waals surface area contributed by atoms with E-state index < -0.39 is 0 Å². The summed E-state index contributed by atoms with van der Waals surface area (Å²) in [7, 11) is 2.03. The predicted molar refractivity (Wildman–Crippen MR) is 103 cm³/mol. The Hall–Kier alpha value is -1.60. The highest BCUT2D eigenvalue weighted by atomic mass is 32.1. The molecule has 1 aliphatic carbocycles. The van der Waals surface area contributed by atoms with Crippen molar-refractivity contribution in [1.29, 1.82) is 0 Å². The molecule has 7 heteroatoms. The third-order valence-corrected chi connectivity index (χ3v) is 4.81. The van der Waals surface area contributed by atoms with Gasteiger partial charge in [0.2, 0.25) is 0 Å². The summed E-state index contributed by atoms with van der Waals surface area (Å²) in [6.45, 7) is 6.66. The maximum absolute atomic E-state index is 11.8. The van der Waals surface area contributed by atoms with Crippen molar-refractivity contribution in [2.24, 2.45) is 10.9 Å². The van der Waals surface area contributed by atoms with Crippen LogP contribution in [0, 0.1) is 5.92 Å². The minimum absolute atomic E-state index is 0.00387. The Morgan fingerprint density at radius 1 is 1.44 bits per heavy atom. The second kappa shape index (κ2) is 11.1. The number of nitrogens with zero attached hydrogens (tertiary/aromatic N) is 2. The molecule has 1 aromatic heterocycles. The lowest BCUT2D eigenvalue weighted by Gasteiger charge is -2.22. The number of ether oxygens (including phenoxy) is 1. The van der Waals surface area contributed by atoms with Gasteiger partial charge in [0.25, 0.3) is 5.91 Å². The number of rotatable bonds is 11. The lowest BCUT2D eigenvalue weighted by atomic mass is 10.4. The van der Waals surface area contributed by atoms with Crippen molar-refractivity contribution in [3.05, 3.63) is 22.4 Å². The second-order valence-corrected chi connectivity index (χ2v) is 7.21. The Bertz CT molecular complexity index is 529. The lowest BCUT2D eigenvalue weighted by Crippen LogP contribution is -2.40. The zero-order chi connectivity index (χ0) is 17.9. The summed E-state index contributed by atoms with van der Waals surface area (Å²) in [5, 5.41) is 8.14. The smallest absolute Gasteiger partial charge is 0.261 e. The molecule has 0 aliphatic heterocycles. The van der Waals surface area contributed by atoms with Crippen LogP contribution in [0.25, 0.3) is 0 Å². The molecule has 140 valence electrons. The van der Waals surface area contributed by atoms with E-state index in [1.165, 1.54) is 24.2 Å². The summed E-state index contributed by atoms with van der Waals surface area (Å²) in [5.74, 6) is 1.69. The van der Waals surface area contributed by atoms with Crippen molar-refractivity contribution in [2.75, 3.05) is 46.4 Å². The third kappa shape index (κ3) is 7.88. The number of hydrogen-bond donors (Lipinski definition) is 2. The van der Waals surface area contributed by atoms with Crippen molar-refractivity contribution in [2.45, 2.75) is 26.2 Å². The Balaban J connectivity index is 1.62. The summed E-state index contributed by atoms with van der Waals surface area (Å²) in [5.41, 5.74) is 0. The van der Waals surface area contributed by atoms with Gasteiger partial charge in [-0.1, -0.05) is 6.07 Å². The topological polar surface area (TPSA) is 66.0 Å².